The van der Waals surface area contributed by atoms with E-state index in [-0.39, 0.29) is 17.8 Å². The predicted octanol–water partition coefficient (Wildman–Crippen LogP) is 4.26. The highest BCUT2D eigenvalue weighted by Gasteiger charge is 2.26. The third kappa shape index (κ3) is 4.74. The molecule has 1 N–H and O–H groups in total. The molecular formula is C21H21ClN4O2S. The van der Waals surface area contributed by atoms with Crippen molar-refractivity contribution in [1.82, 2.24) is 20.1 Å². The van der Waals surface area contributed by atoms with E-state index in [0.717, 1.165) is 31.5 Å². The van der Waals surface area contributed by atoms with Crippen LogP contribution in [0.4, 0.5) is 0 Å². The molecule has 150 valence electrons. The molecule has 0 radical (unpaired) electrons. The number of amides is 1. The van der Waals surface area contributed by atoms with Gasteiger partial charge in [0, 0.05) is 12.2 Å². The number of nitrogens with zero attached hydrogens (tertiary/aromatic N) is 3. The summed E-state index contributed by atoms with van der Waals surface area (Å²) in [5.41, 5.74) is 0.923. The third-order valence-electron chi connectivity index (χ3n) is 4.64. The maximum Gasteiger partial charge on any atom is 0.233 e. The quantitative estimate of drug-likeness (QED) is 0.635. The lowest BCUT2D eigenvalue weighted by Gasteiger charge is -2.15. The number of benzene rings is 2. The van der Waals surface area contributed by atoms with Crippen molar-refractivity contribution in [2.24, 2.45) is 0 Å². The average molecular weight is 429 g/mol. The van der Waals surface area contributed by atoms with Gasteiger partial charge in [0.05, 0.1) is 10.3 Å². The summed E-state index contributed by atoms with van der Waals surface area (Å²) in [4.78, 5) is 12.4. The summed E-state index contributed by atoms with van der Waals surface area (Å²) in [6.45, 7) is 0.946. The van der Waals surface area contributed by atoms with E-state index >= 15 is 0 Å². The molecule has 3 aromatic rings. The van der Waals surface area contributed by atoms with Crippen LogP contribution in [-0.2, 0) is 11.4 Å². The van der Waals surface area contributed by atoms with Gasteiger partial charge in [-0.05, 0) is 37.1 Å². The second kappa shape index (κ2) is 9.33. The van der Waals surface area contributed by atoms with Crippen molar-refractivity contribution in [3.63, 3.8) is 0 Å². The zero-order chi connectivity index (χ0) is 20.1. The fraction of sp³-hybridized carbons (Fsp3) is 0.286. The van der Waals surface area contributed by atoms with Gasteiger partial charge in [-0.2, -0.15) is 0 Å². The normalized spacial score (nSPS) is 16.9. The molecule has 1 atom stereocenters. The van der Waals surface area contributed by atoms with E-state index in [1.54, 1.807) is 6.07 Å². The molecule has 6 nitrogen and oxygen atoms in total. The maximum atomic E-state index is 12.4. The highest BCUT2D eigenvalue weighted by atomic mass is 35.5. The van der Waals surface area contributed by atoms with E-state index in [9.17, 15) is 4.79 Å². The van der Waals surface area contributed by atoms with E-state index in [1.807, 2.05) is 53.1 Å². The van der Waals surface area contributed by atoms with Gasteiger partial charge in [0.2, 0.25) is 5.91 Å². The molecule has 1 saturated heterocycles. The monoisotopic (exact) mass is 428 g/mol. The number of rotatable bonds is 6. The minimum Gasteiger partial charge on any atom is -0.484 e. The maximum absolute atomic E-state index is 12.4. The van der Waals surface area contributed by atoms with E-state index in [2.05, 4.69) is 15.5 Å². The first kappa shape index (κ1) is 19.8. The Labute approximate surface area is 178 Å². The van der Waals surface area contributed by atoms with E-state index in [1.165, 1.54) is 11.8 Å². The Morgan fingerprint density at radius 2 is 1.90 bits per heavy atom. The van der Waals surface area contributed by atoms with Crippen LogP contribution in [0.15, 0.2) is 59.8 Å². The van der Waals surface area contributed by atoms with Crippen LogP contribution in [-0.4, -0.2) is 32.5 Å². The lowest BCUT2D eigenvalue weighted by atomic mass is 10.2. The van der Waals surface area contributed by atoms with Crippen molar-refractivity contribution in [3.8, 4) is 11.4 Å². The molecule has 8 heteroatoms. The summed E-state index contributed by atoms with van der Waals surface area (Å²) in [7, 11) is 0. The van der Waals surface area contributed by atoms with Crippen LogP contribution in [0.25, 0.3) is 5.69 Å². The van der Waals surface area contributed by atoms with Gasteiger partial charge in [-0.1, -0.05) is 60.1 Å². The SMILES string of the molecule is O=C1NCCCCC1Sc1nnc(COc2ccccc2Cl)n1-c1ccccc1. The molecule has 29 heavy (non-hydrogen) atoms. The highest BCUT2D eigenvalue weighted by molar-refractivity contribution is 8.00. The molecule has 1 amide bonds. The number of nitrogens with one attached hydrogen (secondary N) is 1. The van der Waals surface area contributed by atoms with E-state index in [4.69, 9.17) is 16.3 Å². The van der Waals surface area contributed by atoms with Gasteiger partial charge in [0.1, 0.15) is 12.4 Å². The van der Waals surface area contributed by atoms with Gasteiger partial charge >= 0.3 is 0 Å². The number of carbonyl (C=O) groups is 1. The molecule has 0 spiro atoms. The van der Waals surface area contributed by atoms with E-state index in [0.29, 0.717) is 21.8 Å². The van der Waals surface area contributed by atoms with Crippen molar-refractivity contribution in [3.05, 3.63) is 65.4 Å². The first-order valence-electron chi connectivity index (χ1n) is 9.54. The first-order chi connectivity index (χ1) is 14.2. The molecule has 2 heterocycles. The van der Waals surface area contributed by atoms with Crippen molar-refractivity contribution >= 4 is 29.3 Å². The van der Waals surface area contributed by atoms with Crippen LogP contribution in [0.3, 0.4) is 0 Å². The lowest BCUT2D eigenvalue weighted by molar-refractivity contribution is -0.120. The van der Waals surface area contributed by atoms with Gasteiger partial charge in [0.15, 0.2) is 11.0 Å². The van der Waals surface area contributed by atoms with Crippen LogP contribution in [0.5, 0.6) is 5.75 Å². The fourth-order valence-electron chi connectivity index (χ4n) is 3.16. The molecule has 1 aliphatic rings. The van der Waals surface area contributed by atoms with Gasteiger partial charge in [-0.15, -0.1) is 10.2 Å². The Kier molecular flexibility index (Phi) is 6.36. The molecule has 0 aliphatic carbocycles. The van der Waals surface area contributed by atoms with E-state index < -0.39 is 0 Å². The van der Waals surface area contributed by atoms with Gasteiger partial charge in [-0.25, -0.2) is 0 Å². The second-order valence-corrected chi connectivity index (χ2v) is 8.26. The van der Waals surface area contributed by atoms with Crippen LogP contribution < -0.4 is 10.1 Å². The van der Waals surface area contributed by atoms with Crippen molar-refractivity contribution in [2.45, 2.75) is 36.3 Å². The zero-order valence-electron chi connectivity index (χ0n) is 15.8. The predicted molar refractivity (Wildman–Crippen MR) is 114 cm³/mol. The van der Waals surface area contributed by atoms with Crippen molar-refractivity contribution < 1.29 is 9.53 Å². The number of carbonyl (C=O) groups excluding carboxylic acids is 1. The number of aromatic nitrogens is 3. The Balaban J connectivity index is 1.62. The lowest BCUT2D eigenvalue weighted by Crippen LogP contribution is -2.30. The van der Waals surface area contributed by atoms with Crippen LogP contribution in [0.1, 0.15) is 25.1 Å². The number of para-hydroxylation sites is 2. The fourth-order valence-corrected chi connectivity index (χ4v) is 4.49. The van der Waals surface area contributed by atoms with Crippen LogP contribution in [0, 0.1) is 0 Å². The summed E-state index contributed by atoms with van der Waals surface area (Å²) in [6.07, 6.45) is 2.84. The number of halogens is 1. The van der Waals surface area contributed by atoms with Crippen molar-refractivity contribution in [2.75, 3.05) is 6.54 Å². The highest BCUT2D eigenvalue weighted by Crippen LogP contribution is 2.30. The molecule has 1 fully saturated rings. The number of ether oxygens (including phenoxy) is 1. The zero-order valence-corrected chi connectivity index (χ0v) is 17.3. The molecule has 2 aromatic carbocycles. The smallest absolute Gasteiger partial charge is 0.233 e. The van der Waals surface area contributed by atoms with Crippen LogP contribution >= 0.6 is 23.4 Å². The standard InChI is InChI=1S/C21H21ClN4O2S/c22-16-10-4-5-11-17(16)28-14-19-24-25-21(26(19)15-8-2-1-3-9-15)29-18-12-6-7-13-23-20(18)27/h1-5,8-11,18H,6-7,12-14H2,(H,23,27). The number of thioether (sulfide) groups is 1. The third-order valence-corrected chi connectivity index (χ3v) is 6.16. The van der Waals surface area contributed by atoms with Crippen LogP contribution in [0.2, 0.25) is 5.02 Å². The molecule has 1 aliphatic heterocycles. The Hall–Kier alpha value is -2.51. The Morgan fingerprint density at radius 3 is 2.72 bits per heavy atom. The molecule has 1 aromatic heterocycles. The molecule has 4 rings (SSSR count). The first-order valence-corrected chi connectivity index (χ1v) is 10.8. The second-order valence-electron chi connectivity index (χ2n) is 6.68. The topological polar surface area (TPSA) is 69.0 Å². The van der Waals surface area contributed by atoms with Gasteiger partial charge in [-0.3, -0.25) is 9.36 Å². The largest absolute Gasteiger partial charge is 0.484 e. The average Bonchev–Trinajstić information content (AvgIpc) is 3.03. The van der Waals surface area contributed by atoms with Gasteiger partial charge in [0.25, 0.3) is 0 Å². The summed E-state index contributed by atoms with van der Waals surface area (Å²) >= 11 is 7.65. The number of hydrogen-bond donors (Lipinski definition) is 1. The summed E-state index contributed by atoms with van der Waals surface area (Å²) in [5.74, 6) is 1.30. The molecule has 0 saturated carbocycles. The van der Waals surface area contributed by atoms with Gasteiger partial charge < -0.3 is 10.1 Å². The minimum atomic E-state index is -0.179. The van der Waals surface area contributed by atoms with Crippen molar-refractivity contribution in [1.29, 1.82) is 0 Å². The Bertz CT molecular complexity index is 980. The molecular weight excluding hydrogens is 408 g/mol. The summed E-state index contributed by atoms with van der Waals surface area (Å²) in [6, 6.07) is 17.2. The summed E-state index contributed by atoms with van der Waals surface area (Å²) < 4.78 is 7.83. The number of hydrogen-bond acceptors (Lipinski definition) is 5. The Morgan fingerprint density at radius 1 is 1.10 bits per heavy atom. The minimum absolute atomic E-state index is 0.0592. The summed E-state index contributed by atoms with van der Waals surface area (Å²) in [5, 5.41) is 12.7. The molecule has 1 unspecified atom stereocenters. The molecule has 0 bridgehead atoms.